The maximum atomic E-state index is 11.9. The Morgan fingerprint density at radius 1 is 1.44 bits per heavy atom. The topological polar surface area (TPSA) is 58.4 Å². The summed E-state index contributed by atoms with van der Waals surface area (Å²) < 4.78 is 0.333. The number of nitrogens with one attached hydrogen (secondary N) is 1. The molecule has 4 nitrogen and oxygen atoms in total. The van der Waals surface area contributed by atoms with Gasteiger partial charge in [-0.1, -0.05) is 6.42 Å². The van der Waals surface area contributed by atoms with E-state index in [2.05, 4.69) is 16.5 Å². The number of likely N-dealkylation sites (tertiary alicyclic amines) is 1. The molecule has 0 atom stereocenters. The van der Waals surface area contributed by atoms with Crippen LogP contribution in [0.5, 0.6) is 0 Å². The van der Waals surface area contributed by atoms with Crippen molar-refractivity contribution in [2.75, 3.05) is 32.4 Å². The normalized spacial score (nSPS) is 24.6. The highest BCUT2D eigenvalue weighted by molar-refractivity contribution is 8.00. The van der Waals surface area contributed by atoms with Crippen LogP contribution in [0.3, 0.4) is 0 Å². The second-order valence-electron chi connectivity index (χ2n) is 5.63. The van der Waals surface area contributed by atoms with Crippen LogP contribution in [0, 0.1) is 0 Å². The fourth-order valence-electron chi connectivity index (χ4n) is 2.65. The third-order valence-electron chi connectivity index (χ3n) is 4.30. The second kappa shape index (κ2) is 6.26. The van der Waals surface area contributed by atoms with Crippen LogP contribution in [0.15, 0.2) is 0 Å². The van der Waals surface area contributed by atoms with Gasteiger partial charge in [-0.2, -0.15) is 11.8 Å². The zero-order valence-electron chi connectivity index (χ0n) is 11.3. The molecule has 104 valence electrons. The molecule has 0 aromatic rings. The Bertz CT molecular complexity index is 280. The van der Waals surface area contributed by atoms with Crippen molar-refractivity contribution >= 4 is 17.7 Å². The van der Waals surface area contributed by atoms with E-state index in [4.69, 9.17) is 5.73 Å². The molecule has 2 aliphatic rings. The first-order valence-electron chi connectivity index (χ1n) is 6.93. The monoisotopic (exact) mass is 271 g/mol. The van der Waals surface area contributed by atoms with Gasteiger partial charge in [0, 0.05) is 30.4 Å². The first-order valence-corrected chi connectivity index (χ1v) is 8.16. The van der Waals surface area contributed by atoms with Crippen molar-refractivity contribution in [1.29, 1.82) is 0 Å². The molecule has 0 radical (unpaired) electrons. The Morgan fingerprint density at radius 3 is 2.61 bits per heavy atom. The van der Waals surface area contributed by atoms with Gasteiger partial charge in [0.15, 0.2) is 0 Å². The van der Waals surface area contributed by atoms with Crippen molar-refractivity contribution in [1.82, 2.24) is 10.2 Å². The Labute approximate surface area is 114 Å². The minimum Gasteiger partial charge on any atom is -0.354 e. The van der Waals surface area contributed by atoms with E-state index >= 15 is 0 Å². The number of hydrogen-bond donors (Lipinski definition) is 2. The number of nitrogens with two attached hydrogens (primary N) is 1. The number of piperidine rings is 1. The molecular formula is C13H25N3OS. The standard InChI is InChI=1S/C13H25N3OS/c1-18-13(5-2-6-13)10-15-12(17)9-16-7-3-11(14)4-8-16/h11H,2-10,14H2,1H3,(H,15,17). The molecule has 2 rings (SSSR count). The van der Waals surface area contributed by atoms with Gasteiger partial charge in [0.05, 0.1) is 6.54 Å². The van der Waals surface area contributed by atoms with E-state index in [-0.39, 0.29) is 5.91 Å². The predicted octanol–water partition coefficient (Wildman–Crippen LogP) is 0.811. The molecule has 1 saturated heterocycles. The Morgan fingerprint density at radius 2 is 2.11 bits per heavy atom. The van der Waals surface area contributed by atoms with E-state index in [9.17, 15) is 4.79 Å². The van der Waals surface area contributed by atoms with Crippen LogP contribution in [0.4, 0.5) is 0 Å². The number of carbonyl (C=O) groups is 1. The van der Waals surface area contributed by atoms with E-state index in [1.54, 1.807) is 0 Å². The predicted molar refractivity (Wildman–Crippen MR) is 76.8 cm³/mol. The average Bonchev–Trinajstić information content (AvgIpc) is 2.31. The van der Waals surface area contributed by atoms with Crippen LogP contribution in [0.1, 0.15) is 32.1 Å². The molecule has 5 heteroatoms. The Balaban J connectivity index is 1.66. The molecule has 0 unspecified atom stereocenters. The summed E-state index contributed by atoms with van der Waals surface area (Å²) in [7, 11) is 0. The SMILES string of the molecule is CSC1(CNC(=O)CN2CCC(N)CC2)CCC1. The number of amides is 1. The van der Waals surface area contributed by atoms with Crippen LogP contribution < -0.4 is 11.1 Å². The molecule has 2 fully saturated rings. The lowest BCUT2D eigenvalue weighted by atomic mass is 9.84. The van der Waals surface area contributed by atoms with Crippen molar-refractivity contribution in [2.45, 2.75) is 42.9 Å². The zero-order chi connectivity index (χ0) is 13.0. The Kier molecular flexibility index (Phi) is 4.92. The highest BCUT2D eigenvalue weighted by Gasteiger charge is 2.36. The lowest BCUT2D eigenvalue weighted by Crippen LogP contribution is -2.49. The summed E-state index contributed by atoms with van der Waals surface area (Å²) in [5.41, 5.74) is 5.86. The summed E-state index contributed by atoms with van der Waals surface area (Å²) in [5, 5.41) is 3.10. The first kappa shape index (κ1) is 14.2. The summed E-state index contributed by atoms with van der Waals surface area (Å²) in [6, 6.07) is 0.332. The van der Waals surface area contributed by atoms with E-state index in [0.717, 1.165) is 32.5 Å². The molecular weight excluding hydrogens is 246 g/mol. The summed E-state index contributed by atoms with van der Waals surface area (Å²) in [4.78, 5) is 14.1. The number of thioether (sulfide) groups is 1. The molecule has 1 aliphatic carbocycles. The molecule has 1 heterocycles. The van der Waals surface area contributed by atoms with Gasteiger partial charge in [-0.25, -0.2) is 0 Å². The van der Waals surface area contributed by atoms with E-state index in [1.807, 2.05) is 11.8 Å². The van der Waals surface area contributed by atoms with Crippen molar-refractivity contribution in [3.05, 3.63) is 0 Å². The molecule has 1 aliphatic heterocycles. The van der Waals surface area contributed by atoms with Gasteiger partial charge in [-0.15, -0.1) is 0 Å². The summed E-state index contributed by atoms with van der Waals surface area (Å²) in [6.07, 6.45) is 7.97. The third kappa shape index (κ3) is 3.62. The molecule has 0 aromatic heterocycles. The van der Waals surface area contributed by atoms with Crippen LogP contribution in [-0.2, 0) is 4.79 Å². The summed E-state index contributed by atoms with van der Waals surface area (Å²) in [6.45, 7) is 3.29. The van der Waals surface area contributed by atoms with E-state index in [1.165, 1.54) is 19.3 Å². The molecule has 18 heavy (non-hydrogen) atoms. The minimum atomic E-state index is 0.172. The van der Waals surface area contributed by atoms with Gasteiger partial charge >= 0.3 is 0 Å². The van der Waals surface area contributed by atoms with Crippen LogP contribution in [0.2, 0.25) is 0 Å². The highest BCUT2D eigenvalue weighted by Crippen LogP contribution is 2.42. The maximum absolute atomic E-state index is 11.9. The molecule has 3 N–H and O–H groups in total. The van der Waals surface area contributed by atoms with Gasteiger partial charge in [0.25, 0.3) is 0 Å². The number of hydrogen-bond acceptors (Lipinski definition) is 4. The van der Waals surface area contributed by atoms with Crippen LogP contribution in [-0.4, -0.2) is 54.0 Å². The van der Waals surface area contributed by atoms with Gasteiger partial charge in [0.1, 0.15) is 0 Å². The van der Waals surface area contributed by atoms with Gasteiger partial charge < -0.3 is 11.1 Å². The number of carbonyl (C=O) groups excluding carboxylic acids is 1. The number of nitrogens with zero attached hydrogens (tertiary/aromatic N) is 1. The average molecular weight is 271 g/mol. The van der Waals surface area contributed by atoms with E-state index < -0.39 is 0 Å². The largest absolute Gasteiger partial charge is 0.354 e. The molecule has 0 bridgehead atoms. The van der Waals surface area contributed by atoms with E-state index in [0.29, 0.717) is 17.3 Å². The fraction of sp³-hybridized carbons (Fsp3) is 0.923. The smallest absolute Gasteiger partial charge is 0.234 e. The van der Waals surface area contributed by atoms with Crippen LogP contribution >= 0.6 is 11.8 Å². The zero-order valence-corrected chi connectivity index (χ0v) is 12.1. The Hall–Kier alpha value is -0.260. The number of rotatable bonds is 5. The van der Waals surface area contributed by atoms with Crippen molar-refractivity contribution < 1.29 is 4.79 Å². The van der Waals surface area contributed by atoms with Gasteiger partial charge in [-0.3, -0.25) is 9.69 Å². The van der Waals surface area contributed by atoms with Crippen molar-refractivity contribution in [2.24, 2.45) is 5.73 Å². The summed E-state index contributed by atoms with van der Waals surface area (Å²) >= 11 is 1.90. The van der Waals surface area contributed by atoms with Crippen molar-refractivity contribution in [3.63, 3.8) is 0 Å². The first-order chi connectivity index (χ1) is 8.63. The molecule has 0 aromatic carbocycles. The van der Waals surface area contributed by atoms with Gasteiger partial charge in [0.2, 0.25) is 5.91 Å². The molecule has 1 amide bonds. The lowest BCUT2D eigenvalue weighted by molar-refractivity contribution is -0.122. The lowest BCUT2D eigenvalue weighted by Gasteiger charge is -2.40. The summed E-state index contributed by atoms with van der Waals surface area (Å²) in [5.74, 6) is 0.172. The molecule has 1 saturated carbocycles. The quantitative estimate of drug-likeness (QED) is 0.777. The van der Waals surface area contributed by atoms with Gasteiger partial charge in [-0.05, 0) is 31.9 Å². The fourth-order valence-corrected chi connectivity index (χ4v) is 3.57. The highest BCUT2D eigenvalue weighted by atomic mass is 32.2. The van der Waals surface area contributed by atoms with Crippen LogP contribution in [0.25, 0.3) is 0 Å². The van der Waals surface area contributed by atoms with Crippen molar-refractivity contribution in [3.8, 4) is 0 Å². The minimum absolute atomic E-state index is 0.172. The molecule has 0 spiro atoms. The third-order valence-corrected chi connectivity index (χ3v) is 5.72. The second-order valence-corrected chi connectivity index (χ2v) is 6.91. The maximum Gasteiger partial charge on any atom is 0.234 e.